The number of hydrogen-bond donors (Lipinski definition) is 2. The monoisotopic (exact) mass is 186 g/mol. The molecular weight excluding hydrogens is 164 g/mol. The Kier molecular flexibility index (Phi) is 3.71. The molecule has 0 bridgehead atoms. The summed E-state index contributed by atoms with van der Waals surface area (Å²) < 4.78 is 0. The molecule has 0 unspecified atom stereocenters. The highest BCUT2D eigenvalue weighted by molar-refractivity contribution is 4.79. The van der Waals surface area contributed by atoms with Gasteiger partial charge in [0.25, 0.3) is 0 Å². The third kappa shape index (κ3) is 4.07. The van der Waals surface area contributed by atoms with Crippen LogP contribution in [0.2, 0.25) is 0 Å². The molecule has 1 saturated heterocycles. The van der Waals surface area contributed by atoms with Gasteiger partial charge < -0.3 is 15.3 Å². The van der Waals surface area contributed by atoms with Gasteiger partial charge >= 0.3 is 0 Å². The van der Waals surface area contributed by atoms with Crippen molar-refractivity contribution in [3.63, 3.8) is 0 Å². The first-order valence-electron chi connectivity index (χ1n) is 5.12. The van der Waals surface area contributed by atoms with E-state index in [4.69, 9.17) is 0 Å². The Labute approximate surface area is 81.1 Å². The molecule has 0 amide bonds. The highest BCUT2D eigenvalue weighted by atomic mass is 16.3. The number of rotatable bonds is 3. The van der Waals surface area contributed by atoms with Crippen LogP contribution in [-0.2, 0) is 0 Å². The fraction of sp³-hybridized carbons (Fsp3) is 1.00. The minimum atomic E-state index is -0.570. The molecule has 2 N–H and O–H groups in total. The van der Waals surface area contributed by atoms with Crippen LogP contribution in [0.15, 0.2) is 0 Å². The molecule has 78 valence electrons. The van der Waals surface area contributed by atoms with Crippen molar-refractivity contribution < 1.29 is 5.11 Å². The molecule has 1 heterocycles. The molecule has 0 aromatic rings. The van der Waals surface area contributed by atoms with E-state index in [1.54, 1.807) is 0 Å². The smallest absolute Gasteiger partial charge is 0.0718 e. The topological polar surface area (TPSA) is 35.5 Å². The summed E-state index contributed by atoms with van der Waals surface area (Å²) >= 11 is 0. The van der Waals surface area contributed by atoms with Gasteiger partial charge in [0.15, 0.2) is 0 Å². The summed E-state index contributed by atoms with van der Waals surface area (Å²) in [5, 5.41) is 13.0. The zero-order valence-corrected chi connectivity index (χ0v) is 9.01. The molecule has 0 radical (unpaired) electrons. The Morgan fingerprint density at radius 1 is 1.38 bits per heavy atom. The summed E-state index contributed by atoms with van der Waals surface area (Å²) in [6, 6.07) is 0.646. The first-order valence-corrected chi connectivity index (χ1v) is 5.12. The summed E-state index contributed by atoms with van der Waals surface area (Å²) in [4.78, 5) is 2.28. The molecule has 0 aromatic carbocycles. The highest BCUT2D eigenvalue weighted by Crippen LogP contribution is 2.13. The van der Waals surface area contributed by atoms with Crippen LogP contribution in [0.25, 0.3) is 0 Å². The van der Waals surface area contributed by atoms with Crippen LogP contribution in [0.5, 0.6) is 0 Å². The van der Waals surface area contributed by atoms with Crippen LogP contribution < -0.4 is 5.32 Å². The molecule has 1 fully saturated rings. The maximum Gasteiger partial charge on any atom is 0.0718 e. The third-order valence-electron chi connectivity index (χ3n) is 2.57. The van der Waals surface area contributed by atoms with E-state index in [2.05, 4.69) is 17.3 Å². The van der Waals surface area contributed by atoms with Gasteiger partial charge in [0, 0.05) is 12.6 Å². The summed E-state index contributed by atoms with van der Waals surface area (Å²) in [5.41, 5.74) is -0.570. The zero-order valence-electron chi connectivity index (χ0n) is 9.01. The summed E-state index contributed by atoms with van der Waals surface area (Å²) in [6.07, 6.45) is 2.40. The lowest BCUT2D eigenvalue weighted by Gasteiger charge is -2.35. The fourth-order valence-electron chi connectivity index (χ4n) is 1.99. The third-order valence-corrected chi connectivity index (χ3v) is 2.57. The summed E-state index contributed by atoms with van der Waals surface area (Å²) in [5.74, 6) is 0. The van der Waals surface area contributed by atoms with E-state index >= 15 is 0 Å². The average Bonchev–Trinajstić information content (AvgIpc) is 2.03. The normalized spacial score (nSPS) is 21.0. The van der Waals surface area contributed by atoms with E-state index < -0.39 is 5.60 Å². The molecule has 13 heavy (non-hydrogen) atoms. The predicted molar refractivity (Wildman–Crippen MR) is 54.8 cm³/mol. The summed E-state index contributed by atoms with van der Waals surface area (Å²) in [6.45, 7) is 6.72. The number of likely N-dealkylation sites (N-methyl/N-ethyl adjacent to an activating group) is 1. The first kappa shape index (κ1) is 11.0. The van der Waals surface area contributed by atoms with Crippen molar-refractivity contribution in [2.75, 3.05) is 26.7 Å². The largest absolute Gasteiger partial charge is 0.389 e. The lowest BCUT2D eigenvalue weighted by molar-refractivity contribution is 0.0264. The van der Waals surface area contributed by atoms with Gasteiger partial charge in [0.1, 0.15) is 0 Å². The minimum absolute atomic E-state index is 0.570. The van der Waals surface area contributed by atoms with Gasteiger partial charge in [-0.3, -0.25) is 0 Å². The van der Waals surface area contributed by atoms with Gasteiger partial charge in [-0.25, -0.2) is 0 Å². The van der Waals surface area contributed by atoms with Crippen LogP contribution in [0.4, 0.5) is 0 Å². The second-order valence-corrected chi connectivity index (χ2v) is 4.71. The molecule has 1 aliphatic rings. The van der Waals surface area contributed by atoms with Crippen molar-refractivity contribution in [2.45, 2.75) is 38.3 Å². The van der Waals surface area contributed by atoms with E-state index in [0.29, 0.717) is 6.04 Å². The van der Waals surface area contributed by atoms with Crippen LogP contribution in [0.3, 0.4) is 0 Å². The van der Waals surface area contributed by atoms with Crippen molar-refractivity contribution in [3.05, 3.63) is 0 Å². The predicted octanol–water partition coefficient (Wildman–Crippen LogP) is 0.441. The molecule has 0 saturated carbocycles. The van der Waals surface area contributed by atoms with Gasteiger partial charge in [-0.05, 0) is 46.8 Å². The molecule has 3 nitrogen and oxygen atoms in total. The molecular formula is C10H22N2O. The number of aliphatic hydroxyl groups is 1. The van der Waals surface area contributed by atoms with Gasteiger partial charge in [-0.2, -0.15) is 0 Å². The zero-order chi connectivity index (χ0) is 9.90. The van der Waals surface area contributed by atoms with Gasteiger partial charge in [0.05, 0.1) is 5.60 Å². The second kappa shape index (κ2) is 4.40. The second-order valence-electron chi connectivity index (χ2n) is 4.71. The van der Waals surface area contributed by atoms with Crippen LogP contribution in [0, 0.1) is 0 Å². The number of piperidine rings is 1. The quantitative estimate of drug-likeness (QED) is 0.671. The SMILES string of the molecule is CN(CC(C)(C)O)C1CCNCC1. The van der Waals surface area contributed by atoms with Crippen molar-refractivity contribution in [3.8, 4) is 0 Å². The van der Waals surface area contributed by atoms with E-state index in [9.17, 15) is 5.11 Å². The van der Waals surface area contributed by atoms with E-state index in [1.807, 2.05) is 13.8 Å². The maximum atomic E-state index is 9.66. The molecule has 1 aliphatic heterocycles. The van der Waals surface area contributed by atoms with Gasteiger partial charge in [-0.1, -0.05) is 0 Å². The number of nitrogens with one attached hydrogen (secondary N) is 1. The first-order chi connectivity index (χ1) is 5.99. The van der Waals surface area contributed by atoms with Crippen molar-refractivity contribution >= 4 is 0 Å². The molecule has 0 aliphatic carbocycles. The molecule has 0 aromatic heterocycles. The Morgan fingerprint density at radius 2 is 1.92 bits per heavy atom. The molecule has 3 heteroatoms. The number of hydrogen-bond acceptors (Lipinski definition) is 3. The lowest BCUT2D eigenvalue weighted by Crippen LogP contribution is -2.46. The lowest BCUT2D eigenvalue weighted by atomic mass is 10.0. The number of nitrogens with zero attached hydrogens (tertiary/aromatic N) is 1. The van der Waals surface area contributed by atoms with Crippen molar-refractivity contribution in [2.24, 2.45) is 0 Å². The van der Waals surface area contributed by atoms with E-state index in [1.165, 1.54) is 12.8 Å². The standard InChI is InChI=1S/C10H22N2O/c1-10(2,13)8-12(3)9-4-6-11-7-5-9/h9,11,13H,4-8H2,1-3H3. The fourth-order valence-corrected chi connectivity index (χ4v) is 1.99. The van der Waals surface area contributed by atoms with Gasteiger partial charge in [0.2, 0.25) is 0 Å². The minimum Gasteiger partial charge on any atom is -0.389 e. The van der Waals surface area contributed by atoms with Crippen molar-refractivity contribution in [1.82, 2.24) is 10.2 Å². The van der Waals surface area contributed by atoms with Crippen LogP contribution in [-0.4, -0.2) is 48.3 Å². The Balaban J connectivity index is 2.33. The molecule has 0 atom stereocenters. The van der Waals surface area contributed by atoms with E-state index in [-0.39, 0.29) is 0 Å². The molecule has 0 spiro atoms. The molecule has 1 rings (SSSR count). The Bertz CT molecular complexity index is 147. The van der Waals surface area contributed by atoms with E-state index in [0.717, 1.165) is 19.6 Å². The Morgan fingerprint density at radius 3 is 2.38 bits per heavy atom. The Hall–Kier alpha value is -0.120. The summed E-state index contributed by atoms with van der Waals surface area (Å²) in [7, 11) is 2.11. The van der Waals surface area contributed by atoms with Crippen LogP contribution in [0.1, 0.15) is 26.7 Å². The van der Waals surface area contributed by atoms with Crippen molar-refractivity contribution in [1.29, 1.82) is 0 Å². The van der Waals surface area contributed by atoms with Gasteiger partial charge in [-0.15, -0.1) is 0 Å². The maximum absolute atomic E-state index is 9.66. The highest BCUT2D eigenvalue weighted by Gasteiger charge is 2.22. The average molecular weight is 186 g/mol. The van der Waals surface area contributed by atoms with Crippen LogP contribution >= 0.6 is 0 Å².